The molecule has 132 valence electrons. The van der Waals surface area contributed by atoms with Crippen molar-refractivity contribution in [3.63, 3.8) is 0 Å². The molecule has 2 aliphatic heterocycles. The summed E-state index contributed by atoms with van der Waals surface area (Å²) in [7, 11) is -3.55. The third-order valence-corrected chi connectivity index (χ3v) is 6.29. The number of rotatable bonds is 3. The van der Waals surface area contributed by atoms with Crippen LogP contribution in [0.3, 0.4) is 0 Å². The summed E-state index contributed by atoms with van der Waals surface area (Å²) in [4.78, 5) is 18.3. The van der Waals surface area contributed by atoms with Gasteiger partial charge in [-0.25, -0.2) is 8.42 Å². The minimum Gasteiger partial charge on any atom is -0.375 e. The molecule has 2 aliphatic rings. The normalized spacial score (nSPS) is 26.3. The van der Waals surface area contributed by atoms with E-state index in [1.165, 1.54) is 22.8 Å². The predicted molar refractivity (Wildman–Crippen MR) is 86.8 cm³/mol. The number of morpholine rings is 1. The highest BCUT2D eigenvalue weighted by Crippen LogP contribution is 2.17. The van der Waals surface area contributed by atoms with Crippen LogP contribution in [0, 0.1) is 0 Å². The Labute approximate surface area is 141 Å². The van der Waals surface area contributed by atoms with Crippen molar-refractivity contribution in [2.45, 2.75) is 24.0 Å². The lowest BCUT2D eigenvalue weighted by molar-refractivity contribution is -0.140. The van der Waals surface area contributed by atoms with Crippen LogP contribution in [-0.2, 0) is 19.6 Å². The predicted octanol–water partition coefficient (Wildman–Crippen LogP) is -0.709. The van der Waals surface area contributed by atoms with Gasteiger partial charge in [0.2, 0.25) is 15.9 Å². The Kier molecular flexibility index (Phi) is 5.14. The van der Waals surface area contributed by atoms with Crippen LogP contribution in [0.4, 0.5) is 0 Å². The number of ether oxygens (including phenoxy) is 1. The Morgan fingerprint density at radius 1 is 1.33 bits per heavy atom. The molecule has 1 aromatic rings. The van der Waals surface area contributed by atoms with Crippen LogP contribution in [-0.4, -0.2) is 80.0 Å². The van der Waals surface area contributed by atoms with Gasteiger partial charge in [-0.05, 0) is 19.1 Å². The molecule has 0 saturated carbocycles. The topological polar surface area (TPSA) is 91.8 Å². The lowest BCUT2D eigenvalue weighted by Crippen LogP contribution is -2.60. The molecule has 2 saturated heterocycles. The van der Waals surface area contributed by atoms with Crippen molar-refractivity contribution >= 4 is 15.9 Å². The van der Waals surface area contributed by atoms with Gasteiger partial charge in [-0.3, -0.25) is 9.78 Å². The fourth-order valence-corrected chi connectivity index (χ4v) is 4.39. The van der Waals surface area contributed by atoms with Crippen molar-refractivity contribution < 1.29 is 17.9 Å². The maximum absolute atomic E-state index is 12.6. The van der Waals surface area contributed by atoms with E-state index in [4.69, 9.17) is 4.74 Å². The fraction of sp³-hybridized carbons (Fsp3) is 0.600. The molecule has 8 nitrogen and oxygen atoms in total. The molecule has 0 aliphatic carbocycles. The average Bonchev–Trinajstić information content (AvgIpc) is 2.62. The zero-order valence-corrected chi connectivity index (χ0v) is 14.4. The minimum absolute atomic E-state index is 0.0272. The summed E-state index contributed by atoms with van der Waals surface area (Å²) in [6.07, 6.45) is 2.71. The van der Waals surface area contributed by atoms with E-state index < -0.39 is 10.0 Å². The highest BCUT2D eigenvalue weighted by atomic mass is 32.2. The van der Waals surface area contributed by atoms with Gasteiger partial charge in [-0.15, -0.1) is 0 Å². The lowest BCUT2D eigenvalue weighted by atomic mass is 10.1. The van der Waals surface area contributed by atoms with Crippen LogP contribution >= 0.6 is 0 Å². The van der Waals surface area contributed by atoms with Gasteiger partial charge in [0.15, 0.2) is 0 Å². The molecular formula is C15H22N4O4S. The van der Waals surface area contributed by atoms with Crippen LogP contribution in [0.2, 0.25) is 0 Å². The fourth-order valence-electron chi connectivity index (χ4n) is 3.00. The summed E-state index contributed by atoms with van der Waals surface area (Å²) >= 11 is 0. The maximum atomic E-state index is 12.6. The Balaban J connectivity index is 1.62. The van der Waals surface area contributed by atoms with Crippen molar-refractivity contribution in [2.75, 3.05) is 39.3 Å². The van der Waals surface area contributed by atoms with Gasteiger partial charge < -0.3 is 15.0 Å². The molecular weight excluding hydrogens is 332 g/mol. The van der Waals surface area contributed by atoms with Crippen LogP contribution in [0.1, 0.15) is 6.92 Å². The summed E-state index contributed by atoms with van der Waals surface area (Å²) in [5, 5.41) is 3.18. The molecule has 2 atom stereocenters. The molecule has 9 heteroatoms. The van der Waals surface area contributed by atoms with Crippen molar-refractivity contribution in [3.8, 4) is 0 Å². The largest absolute Gasteiger partial charge is 0.375 e. The quantitative estimate of drug-likeness (QED) is 0.771. The van der Waals surface area contributed by atoms with Crippen molar-refractivity contribution in [1.82, 2.24) is 19.5 Å². The second kappa shape index (κ2) is 7.14. The lowest BCUT2D eigenvalue weighted by Gasteiger charge is -2.38. The molecule has 0 aromatic carbocycles. The second-order valence-electron chi connectivity index (χ2n) is 5.93. The maximum Gasteiger partial charge on any atom is 0.244 e. The molecule has 1 N–H and O–H groups in total. The number of pyridine rings is 1. The molecule has 0 unspecified atom stereocenters. The van der Waals surface area contributed by atoms with Gasteiger partial charge in [-0.1, -0.05) is 0 Å². The molecule has 0 bridgehead atoms. The van der Waals surface area contributed by atoms with Crippen molar-refractivity contribution in [2.24, 2.45) is 0 Å². The molecule has 3 rings (SSSR count). The third-order valence-electron chi connectivity index (χ3n) is 4.41. The number of piperazine rings is 1. The third kappa shape index (κ3) is 3.44. The number of hydrogen-bond donors (Lipinski definition) is 1. The molecule has 1 aromatic heterocycles. The number of hydrogen-bond acceptors (Lipinski definition) is 6. The Morgan fingerprint density at radius 3 is 2.71 bits per heavy atom. The molecule has 24 heavy (non-hydrogen) atoms. The van der Waals surface area contributed by atoms with Gasteiger partial charge in [0.05, 0.1) is 12.7 Å². The van der Waals surface area contributed by atoms with Crippen LogP contribution < -0.4 is 5.32 Å². The Morgan fingerprint density at radius 2 is 2.08 bits per heavy atom. The summed E-state index contributed by atoms with van der Waals surface area (Å²) in [6.45, 7) is 4.44. The molecule has 3 heterocycles. The highest BCUT2D eigenvalue weighted by Gasteiger charge is 2.35. The number of nitrogens with one attached hydrogen (secondary N) is 1. The van der Waals surface area contributed by atoms with E-state index in [1.807, 2.05) is 6.92 Å². The molecule has 0 radical (unpaired) electrons. The highest BCUT2D eigenvalue weighted by molar-refractivity contribution is 7.89. The van der Waals surface area contributed by atoms with Crippen LogP contribution in [0.25, 0.3) is 0 Å². The minimum atomic E-state index is -3.55. The van der Waals surface area contributed by atoms with E-state index in [9.17, 15) is 13.2 Å². The summed E-state index contributed by atoms with van der Waals surface area (Å²) in [6, 6.07) is 2.77. The van der Waals surface area contributed by atoms with E-state index in [-0.39, 0.29) is 36.0 Å². The van der Waals surface area contributed by atoms with Gasteiger partial charge in [0.25, 0.3) is 0 Å². The number of amides is 1. The number of carbonyl (C=O) groups excluding carboxylic acids is 1. The summed E-state index contributed by atoms with van der Waals surface area (Å²) in [5.41, 5.74) is 0. The zero-order valence-electron chi connectivity index (χ0n) is 13.6. The number of carbonyl (C=O) groups is 1. The SMILES string of the molecule is C[C@H]1OCCN[C@@H]1C(=O)N1CCN(S(=O)(=O)c2cccnc2)CC1. The van der Waals surface area contributed by atoms with Gasteiger partial charge in [0, 0.05) is 45.1 Å². The Bertz CT molecular complexity index is 674. The monoisotopic (exact) mass is 354 g/mol. The zero-order chi connectivity index (χ0) is 17.2. The van der Waals surface area contributed by atoms with Gasteiger partial charge in [0.1, 0.15) is 10.9 Å². The standard InChI is InChI=1S/C15H22N4O4S/c1-12-14(17-5-10-23-12)15(20)18-6-8-19(9-7-18)24(21,22)13-3-2-4-16-11-13/h2-4,11-12,14,17H,5-10H2,1H3/t12-,14+/m1/s1. The van der Waals surface area contributed by atoms with E-state index >= 15 is 0 Å². The second-order valence-corrected chi connectivity index (χ2v) is 7.86. The molecule has 0 spiro atoms. The first-order valence-electron chi connectivity index (χ1n) is 8.04. The average molecular weight is 354 g/mol. The number of sulfonamides is 1. The Hall–Kier alpha value is -1.55. The smallest absolute Gasteiger partial charge is 0.244 e. The van der Waals surface area contributed by atoms with Gasteiger partial charge >= 0.3 is 0 Å². The first-order valence-corrected chi connectivity index (χ1v) is 9.48. The van der Waals surface area contributed by atoms with Crippen LogP contribution in [0.5, 0.6) is 0 Å². The molecule has 1 amide bonds. The van der Waals surface area contributed by atoms with Crippen molar-refractivity contribution in [3.05, 3.63) is 24.5 Å². The van der Waals surface area contributed by atoms with Gasteiger partial charge in [-0.2, -0.15) is 4.31 Å². The molecule has 2 fully saturated rings. The van der Waals surface area contributed by atoms with E-state index in [0.717, 1.165) is 0 Å². The summed E-state index contributed by atoms with van der Waals surface area (Å²) in [5.74, 6) is -0.0272. The number of aromatic nitrogens is 1. The first-order chi connectivity index (χ1) is 11.5. The first kappa shape index (κ1) is 17.3. The van der Waals surface area contributed by atoms with Crippen LogP contribution in [0.15, 0.2) is 29.4 Å². The number of nitrogens with zero attached hydrogens (tertiary/aromatic N) is 3. The van der Waals surface area contributed by atoms with Crippen molar-refractivity contribution in [1.29, 1.82) is 0 Å². The van der Waals surface area contributed by atoms with E-state index in [2.05, 4.69) is 10.3 Å². The summed E-state index contributed by atoms with van der Waals surface area (Å²) < 4.78 is 32.1. The van der Waals surface area contributed by atoms with E-state index in [0.29, 0.717) is 26.2 Å². The van der Waals surface area contributed by atoms with E-state index in [1.54, 1.807) is 11.0 Å².